The van der Waals surface area contributed by atoms with Crippen molar-refractivity contribution in [2.45, 2.75) is 33.1 Å². The number of thiazole rings is 1. The molecule has 0 fully saturated rings. The summed E-state index contributed by atoms with van der Waals surface area (Å²) >= 11 is 1.48. The Morgan fingerprint density at radius 2 is 1.94 bits per heavy atom. The van der Waals surface area contributed by atoms with Gasteiger partial charge in [-0.3, -0.25) is 0 Å². The zero-order valence-electron chi connectivity index (χ0n) is 10.7. The molecule has 0 atom stereocenters. The van der Waals surface area contributed by atoms with E-state index in [2.05, 4.69) is 50.9 Å². The minimum absolute atomic E-state index is 0.177. The Morgan fingerprint density at radius 1 is 1.24 bits per heavy atom. The van der Waals surface area contributed by atoms with Crippen LogP contribution < -0.4 is 5.73 Å². The van der Waals surface area contributed by atoms with Gasteiger partial charge in [0.15, 0.2) is 0 Å². The summed E-state index contributed by atoms with van der Waals surface area (Å²) in [4.78, 5) is 4.33. The molecular weight excluding hydrogens is 228 g/mol. The van der Waals surface area contributed by atoms with Crippen molar-refractivity contribution < 1.29 is 0 Å². The van der Waals surface area contributed by atoms with Crippen LogP contribution in [0.15, 0.2) is 23.7 Å². The third-order valence-corrected chi connectivity index (χ3v) is 3.60. The van der Waals surface area contributed by atoms with Crippen molar-refractivity contribution in [2.75, 3.05) is 5.73 Å². The van der Waals surface area contributed by atoms with Crippen molar-refractivity contribution in [1.82, 2.24) is 4.98 Å². The molecule has 0 radical (unpaired) electrons. The normalized spacial score (nSPS) is 11.8. The van der Waals surface area contributed by atoms with Gasteiger partial charge in [-0.1, -0.05) is 39.0 Å². The van der Waals surface area contributed by atoms with E-state index in [1.165, 1.54) is 22.5 Å². The van der Waals surface area contributed by atoms with Gasteiger partial charge in [-0.15, -0.1) is 11.3 Å². The van der Waals surface area contributed by atoms with Crippen molar-refractivity contribution in [3.63, 3.8) is 0 Å². The topological polar surface area (TPSA) is 38.9 Å². The second kappa shape index (κ2) is 4.15. The molecule has 1 heterocycles. The maximum Gasteiger partial charge on any atom is 0.114 e. The highest BCUT2D eigenvalue weighted by atomic mass is 32.1. The minimum Gasteiger partial charge on any atom is -0.389 e. The van der Waals surface area contributed by atoms with Crippen LogP contribution in [-0.4, -0.2) is 4.98 Å². The third-order valence-electron chi connectivity index (χ3n) is 2.94. The molecule has 1 aromatic heterocycles. The Kier molecular flexibility index (Phi) is 2.96. The number of benzene rings is 1. The van der Waals surface area contributed by atoms with E-state index in [1.807, 2.05) is 0 Å². The monoisotopic (exact) mass is 246 g/mol. The van der Waals surface area contributed by atoms with Crippen LogP contribution in [0.1, 0.15) is 31.9 Å². The van der Waals surface area contributed by atoms with Crippen molar-refractivity contribution in [3.8, 4) is 11.3 Å². The molecule has 2 N–H and O–H groups in total. The van der Waals surface area contributed by atoms with E-state index < -0.39 is 0 Å². The molecule has 2 nitrogen and oxygen atoms in total. The Balaban J connectivity index is 2.50. The largest absolute Gasteiger partial charge is 0.389 e. The lowest BCUT2D eigenvalue weighted by Crippen LogP contribution is -2.11. The zero-order chi connectivity index (χ0) is 12.6. The molecule has 0 aliphatic rings. The van der Waals surface area contributed by atoms with Gasteiger partial charge in [-0.2, -0.15) is 0 Å². The molecule has 0 saturated heterocycles. The van der Waals surface area contributed by atoms with E-state index in [-0.39, 0.29) is 5.41 Å². The van der Waals surface area contributed by atoms with E-state index in [1.54, 1.807) is 5.51 Å². The molecule has 0 aliphatic carbocycles. The van der Waals surface area contributed by atoms with Crippen LogP contribution in [0, 0.1) is 6.92 Å². The molecule has 2 rings (SSSR count). The number of nitrogens with zero attached hydrogens (tertiary/aromatic N) is 1. The van der Waals surface area contributed by atoms with Gasteiger partial charge in [0, 0.05) is 5.56 Å². The molecular formula is C14H18N2S. The lowest BCUT2D eigenvalue weighted by molar-refractivity contribution is 0.590. The number of hydrogen-bond acceptors (Lipinski definition) is 3. The fraction of sp³-hybridized carbons (Fsp3) is 0.357. The number of rotatable bonds is 1. The summed E-state index contributed by atoms with van der Waals surface area (Å²) in [5.41, 5.74) is 12.5. The zero-order valence-corrected chi connectivity index (χ0v) is 11.6. The van der Waals surface area contributed by atoms with Gasteiger partial charge < -0.3 is 5.73 Å². The molecule has 2 aromatic rings. The number of anilines is 1. The second-order valence-electron chi connectivity index (χ2n) is 5.34. The van der Waals surface area contributed by atoms with E-state index in [9.17, 15) is 0 Å². The highest BCUT2D eigenvalue weighted by Crippen LogP contribution is 2.32. The predicted octanol–water partition coefficient (Wildman–Crippen LogP) is 4.00. The van der Waals surface area contributed by atoms with Gasteiger partial charge in [0.2, 0.25) is 0 Å². The van der Waals surface area contributed by atoms with E-state index in [4.69, 9.17) is 5.73 Å². The van der Waals surface area contributed by atoms with Crippen molar-refractivity contribution in [1.29, 1.82) is 0 Å². The maximum absolute atomic E-state index is 5.92. The Labute approximate surface area is 107 Å². The van der Waals surface area contributed by atoms with Gasteiger partial charge in [-0.05, 0) is 23.5 Å². The molecule has 0 bridgehead atoms. The predicted molar refractivity (Wildman–Crippen MR) is 75.4 cm³/mol. The third kappa shape index (κ3) is 2.34. The first-order valence-electron chi connectivity index (χ1n) is 5.70. The van der Waals surface area contributed by atoms with Gasteiger partial charge >= 0.3 is 0 Å². The van der Waals surface area contributed by atoms with Crippen LogP contribution in [0.3, 0.4) is 0 Å². The summed E-state index contributed by atoms with van der Waals surface area (Å²) in [6.07, 6.45) is 0. The Hall–Kier alpha value is -1.35. The van der Waals surface area contributed by atoms with Gasteiger partial charge in [0.05, 0.1) is 5.51 Å². The smallest absolute Gasteiger partial charge is 0.114 e. The van der Waals surface area contributed by atoms with Crippen molar-refractivity contribution in [3.05, 3.63) is 34.8 Å². The molecule has 0 amide bonds. The number of hydrogen-bond donors (Lipinski definition) is 1. The SMILES string of the molecule is Cc1cc(C(C)(C)C)ccc1-c1ncsc1N. The number of aromatic nitrogens is 1. The molecule has 0 spiro atoms. The first-order valence-corrected chi connectivity index (χ1v) is 6.58. The Morgan fingerprint density at radius 3 is 2.41 bits per heavy atom. The van der Waals surface area contributed by atoms with Crippen molar-refractivity contribution in [2.24, 2.45) is 0 Å². The lowest BCUT2D eigenvalue weighted by atomic mass is 9.85. The van der Waals surface area contributed by atoms with Crippen LogP contribution >= 0.6 is 11.3 Å². The van der Waals surface area contributed by atoms with Crippen LogP contribution in [0.4, 0.5) is 5.00 Å². The molecule has 1 aromatic carbocycles. The molecule has 0 saturated carbocycles. The first kappa shape index (κ1) is 12.1. The molecule has 0 aliphatic heterocycles. The lowest BCUT2D eigenvalue weighted by Gasteiger charge is -2.20. The van der Waals surface area contributed by atoms with Crippen molar-refractivity contribution >= 4 is 16.3 Å². The summed E-state index contributed by atoms with van der Waals surface area (Å²) in [5.74, 6) is 0. The quantitative estimate of drug-likeness (QED) is 0.826. The summed E-state index contributed by atoms with van der Waals surface area (Å²) < 4.78 is 0. The molecule has 3 heteroatoms. The van der Waals surface area contributed by atoms with Crippen LogP contribution in [0.25, 0.3) is 11.3 Å². The van der Waals surface area contributed by atoms with Crippen LogP contribution in [-0.2, 0) is 5.41 Å². The first-order chi connectivity index (χ1) is 7.89. The van der Waals surface area contributed by atoms with E-state index >= 15 is 0 Å². The minimum atomic E-state index is 0.177. The highest BCUT2D eigenvalue weighted by molar-refractivity contribution is 7.14. The molecule has 17 heavy (non-hydrogen) atoms. The van der Waals surface area contributed by atoms with E-state index in [0.717, 1.165) is 16.3 Å². The number of aryl methyl sites for hydroxylation is 1. The fourth-order valence-electron chi connectivity index (χ4n) is 1.85. The molecule has 0 unspecified atom stereocenters. The number of nitrogen functional groups attached to an aromatic ring is 1. The summed E-state index contributed by atoms with van der Waals surface area (Å²) in [6.45, 7) is 8.78. The summed E-state index contributed by atoms with van der Waals surface area (Å²) in [7, 11) is 0. The van der Waals surface area contributed by atoms with Gasteiger partial charge in [0.25, 0.3) is 0 Å². The van der Waals surface area contributed by atoms with E-state index in [0.29, 0.717) is 0 Å². The Bertz CT molecular complexity index is 535. The summed E-state index contributed by atoms with van der Waals surface area (Å²) in [6, 6.07) is 6.52. The average Bonchev–Trinajstić information content (AvgIpc) is 2.63. The number of nitrogens with two attached hydrogens (primary N) is 1. The maximum atomic E-state index is 5.92. The summed E-state index contributed by atoms with van der Waals surface area (Å²) in [5, 5.41) is 0.789. The van der Waals surface area contributed by atoms with Crippen LogP contribution in [0.2, 0.25) is 0 Å². The van der Waals surface area contributed by atoms with Crippen LogP contribution in [0.5, 0.6) is 0 Å². The van der Waals surface area contributed by atoms with Gasteiger partial charge in [0.1, 0.15) is 10.7 Å². The standard InChI is InChI=1S/C14H18N2S/c1-9-7-10(14(2,3)4)5-6-11(9)12-13(15)17-8-16-12/h5-8H,15H2,1-4H3. The van der Waals surface area contributed by atoms with Gasteiger partial charge in [-0.25, -0.2) is 4.98 Å². The second-order valence-corrected chi connectivity index (χ2v) is 6.23. The average molecular weight is 246 g/mol. The molecule has 90 valence electrons. The highest BCUT2D eigenvalue weighted by Gasteiger charge is 2.16. The fourth-order valence-corrected chi connectivity index (χ4v) is 2.40.